The molecule has 2 aromatic carbocycles. The summed E-state index contributed by atoms with van der Waals surface area (Å²) in [6.07, 6.45) is 1.77. The lowest BCUT2D eigenvalue weighted by Gasteiger charge is -2.35. The van der Waals surface area contributed by atoms with Gasteiger partial charge in [-0.3, -0.25) is 0 Å². The van der Waals surface area contributed by atoms with Gasteiger partial charge in [0.2, 0.25) is 5.95 Å². The molecular weight excluding hydrogens is 442 g/mol. The Kier molecular flexibility index (Phi) is 6.94. The van der Waals surface area contributed by atoms with Crippen molar-refractivity contribution in [3.05, 3.63) is 66.4 Å². The molecule has 2 fully saturated rings. The van der Waals surface area contributed by atoms with Crippen molar-refractivity contribution in [3.63, 3.8) is 0 Å². The predicted octanol–water partition coefficient (Wildman–Crippen LogP) is 3.72. The van der Waals surface area contributed by atoms with E-state index in [1.807, 2.05) is 54.3 Å². The maximum absolute atomic E-state index is 12.6. The fourth-order valence-corrected chi connectivity index (χ4v) is 4.27. The van der Waals surface area contributed by atoms with Crippen LogP contribution in [-0.4, -0.2) is 73.4 Å². The molecule has 182 valence electrons. The number of morpholine rings is 1. The molecule has 3 heterocycles. The lowest BCUT2D eigenvalue weighted by atomic mass is 10.2. The van der Waals surface area contributed by atoms with Gasteiger partial charge in [0.25, 0.3) is 0 Å². The summed E-state index contributed by atoms with van der Waals surface area (Å²) < 4.78 is 5.43. The molecule has 9 nitrogen and oxygen atoms in total. The number of carbonyl (C=O) groups excluding carboxylic acids is 1. The van der Waals surface area contributed by atoms with E-state index in [0.717, 1.165) is 43.5 Å². The quantitative estimate of drug-likeness (QED) is 0.584. The number of aryl methyl sites for hydroxylation is 1. The molecular formula is C26H31N7O2. The monoisotopic (exact) mass is 473 g/mol. The van der Waals surface area contributed by atoms with Gasteiger partial charge in [0.1, 0.15) is 5.82 Å². The number of aromatic nitrogens is 2. The van der Waals surface area contributed by atoms with E-state index < -0.39 is 0 Å². The van der Waals surface area contributed by atoms with Gasteiger partial charge in [-0.2, -0.15) is 4.98 Å². The van der Waals surface area contributed by atoms with Crippen molar-refractivity contribution in [2.75, 3.05) is 72.9 Å². The Morgan fingerprint density at radius 1 is 0.829 bits per heavy atom. The molecule has 0 bridgehead atoms. The number of hydrogen-bond donors (Lipinski definition) is 2. The van der Waals surface area contributed by atoms with Gasteiger partial charge in [0.05, 0.1) is 13.2 Å². The summed E-state index contributed by atoms with van der Waals surface area (Å²) in [6, 6.07) is 18.0. The SMILES string of the molecule is Cc1ccc(NC(=O)N2CCN(c3ccnc(Nc4ccc(N5CCOCC5)cc4)n3)CC2)cc1. The molecule has 2 amide bonds. The Labute approximate surface area is 205 Å². The molecule has 35 heavy (non-hydrogen) atoms. The number of hydrogen-bond acceptors (Lipinski definition) is 7. The average molecular weight is 474 g/mol. The number of ether oxygens (including phenoxy) is 1. The first-order chi connectivity index (χ1) is 17.1. The van der Waals surface area contributed by atoms with Gasteiger partial charge < -0.3 is 30.1 Å². The van der Waals surface area contributed by atoms with Gasteiger partial charge in [-0.05, 0) is 49.4 Å². The zero-order chi connectivity index (χ0) is 24.0. The van der Waals surface area contributed by atoms with Gasteiger partial charge in [0.15, 0.2) is 0 Å². The van der Waals surface area contributed by atoms with E-state index in [9.17, 15) is 4.79 Å². The normalized spacial score (nSPS) is 16.2. The van der Waals surface area contributed by atoms with Crippen molar-refractivity contribution in [1.29, 1.82) is 0 Å². The fourth-order valence-electron chi connectivity index (χ4n) is 4.27. The predicted molar refractivity (Wildman–Crippen MR) is 139 cm³/mol. The van der Waals surface area contributed by atoms with E-state index in [1.54, 1.807) is 6.20 Å². The van der Waals surface area contributed by atoms with Crippen molar-refractivity contribution >= 4 is 34.9 Å². The summed E-state index contributed by atoms with van der Waals surface area (Å²) in [5.74, 6) is 1.41. The van der Waals surface area contributed by atoms with Crippen LogP contribution in [0.5, 0.6) is 0 Å². The minimum atomic E-state index is -0.0703. The Morgan fingerprint density at radius 2 is 1.51 bits per heavy atom. The molecule has 2 N–H and O–H groups in total. The molecule has 2 saturated heterocycles. The highest BCUT2D eigenvalue weighted by Crippen LogP contribution is 2.22. The average Bonchev–Trinajstić information content (AvgIpc) is 2.91. The summed E-state index contributed by atoms with van der Waals surface area (Å²) >= 11 is 0. The number of benzene rings is 2. The van der Waals surface area contributed by atoms with Crippen LogP contribution in [0, 0.1) is 6.92 Å². The number of rotatable bonds is 5. The van der Waals surface area contributed by atoms with Gasteiger partial charge in [0, 0.05) is 62.5 Å². The van der Waals surface area contributed by atoms with Gasteiger partial charge in [-0.15, -0.1) is 0 Å². The Balaban J connectivity index is 1.15. The topological polar surface area (TPSA) is 85.9 Å². The molecule has 0 unspecified atom stereocenters. The number of piperazine rings is 1. The van der Waals surface area contributed by atoms with E-state index in [-0.39, 0.29) is 6.03 Å². The van der Waals surface area contributed by atoms with Crippen molar-refractivity contribution in [3.8, 4) is 0 Å². The van der Waals surface area contributed by atoms with Gasteiger partial charge >= 0.3 is 6.03 Å². The Bertz CT molecular complexity index is 1120. The fraction of sp³-hybridized carbons (Fsp3) is 0.346. The highest BCUT2D eigenvalue weighted by Gasteiger charge is 2.22. The van der Waals surface area contributed by atoms with Crippen LogP contribution < -0.4 is 20.4 Å². The first kappa shape index (κ1) is 22.9. The zero-order valence-corrected chi connectivity index (χ0v) is 20.0. The third-order valence-electron chi connectivity index (χ3n) is 6.33. The number of carbonyl (C=O) groups is 1. The highest BCUT2D eigenvalue weighted by molar-refractivity contribution is 5.89. The van der Waals surface area contributed by atoms with Crippen LogP contribution in [0.15, 0.2) is 60.8 Å². The molecule has 0 radical (unpaired) electrons. The lowest BCUT2D eigenvalue weighted by molar-refractivity contribution is 0.122. The Hall–Kier alpha value is -3.85. The van der Waals surface area contributed by atoms with E-state index in [4.69, 9.17) is 9.72 Å². The third kappa shape index (κ3) is 5.81. The summed E-state index contributed by atoms with van der Waals surface area (Å²) in [6.45, 7) is 8.09. The second-order valence-electron chi connectivity index (χ2n) is 8.78. The first-order valence-electron chi connectivity index (χ1n) is 12.0. The summed E-state index contributed by atoms with van der Waals surface area (Å²) in [4.78, 5) is 28.1. The van der Waals surface area contributed by atoms with Crippen LogP contribution in [0.2, 0.25) is 0 Å². The number of anilines is 5. The molecule has 2 aliphatic rings. The summed E-state index contributed by atoms with van der Waals surface area (Å²) in [5, 5.41) is 6.28. The zero-order valence-electron chi connectivity index (χ0n) is 20.0. The molecule has 1 aromatic heterocycles. The van der Waals surface area contributed by atoms with Crippen LogP contribution in [0.25, 0.3) is 0 Å². The third-order valence-corrected chi connectivity index (χ3v) is 6.33. The van der Waals surface area contributed by atoms with Crippen LogP contribution in [0.3, 0.4) is 0 Å². The van der Waals surface area contributed by atoms with Crippen LogP contribution in [0.4, 0.5) is 33.6 Å². The largest absolute Gasteiger partial charge is 0.378 e. The maximum Gasteiger partial charge on any atom is 0.321 e. The van der Waals surface area contributed by atoms with Crippen molar-refractivity contribution in [2.24, 2.45) is 0 Å². The van der Waals surface area contributed by atoms with E-state index in [0.29, 0.717) is 32.1 Å². The van der Waals surface area contributed by atoms with Crippen molar-refractivity contribution in [2.45, 2.75) is 6.92 Å². The standard InChI is InChI=1S/C26H31N7O2/c1-20-2-4-22(5-3-20)29-26(34)33-14-12-32(13-15-33)24-10-11-27-25(30-24)28-21-6-8-23(9-7-21)31-16-18-35-19-17-31/h2-11H,12-19H2,1H3,(H,29,34)(H,27,28,30). The smallest absolute Gasteiger partial charge is 0.321 e. The molecule has 9 heteroatoms. The van der Waals surface area contributed by atoms with E-state index in [2.05, 4.69) is 37.6 Å². The van der Waals surface area contributed by atoms with Crippen molar-refractivity contribution < 1.29 is 9.53 Å². The number of amides is 2. The molecule has 0 atom stereocenters. The molecule has 0 aliphatic carbocycles. The minimum Gasteiger partial charge on any atom is -0.378 e. The first-order valence-corrected chi connectivity index (χ1v) is 12.0. The van der Waals surface area contributed by atoms with E-state index >= 15 is 0 Å². The molecule has 3 aromatic rings. The minimum absolute atomic E-state index is 0.0703. The van der Waals surface area contributed by atoms with Crippen LogP contribution >= 0.6 is 0 Å². The van der Waals surface area contributed by atoms with Crippen LogP contribution in [-0.2, 0) is 4.74 Å². The summed E-state index contributed by atoms with van der Waals surface area (Å²) in [5.41, 5.74) is 4.11. The number of urea groups is 1. The molecule has 5 rings (SSSR count). The maximum atomic E-state index is 12.6. The molecule has 0 spiro atoms. The van der Waals surface area contributed by atoms with Crippen LogP contribution in [0.1, 0.15) is 5.56 Å². The summed E-state index contributed by atoms with van der Waals surface area (Å²) in [7, 11) is 0. The second kappa shape index (κ2) is 10.6. The molecule has 2 aliphatic heterocycles. The Morgan fingerprint density at radius 3 is 2.23 bits per heavy atom. The number of nitrogens with zero attached hydrogens (tertiary/aromatic N) is 5. The second-order valence-corrected chi connectivity index (χ2v) is 8.78. The lowest BCUT2D eigenvalue weighted by Crippen LogP contribution is -2.50. The highest BCUT2D eigenvalue weighted by atomic mass is 16.5. The van der Waals surface area contributed by atoms with E-state index in [1.165, 1.54) is 11.3 Å². The van der Waals surface area contributed by atoms with Gasteiger partial charge in [-0.1, -0.05) is 17.7 Å². The van der Waals surface area contributed by atoms with Crippen molar-refractivity contribution in [1.82, 2.24) is 14.9 Å². The molecule has 0 saturated carbocycles. The number of nitrogens with one attached hydrogen (secondary N) is 2. The van der Waals surface area contributed by atoms with Gasteiger partial charge in [-0.25, -0.2) is 9.78 Å².